The zero-order chi connectivity index (χ0) is 18.5. The number of carbonyl (C=O) groups excluding carboxylic acids is 1. The van der Waals surface area contributed by atoms with E-state index in [2.05, 4.69) is 10.3 Å². The zero-order valence-electron chi connectivity index (χ0n) is 13.7. The molecule has 1 aromatic heterocycles. The van der Waals surface area contributed by atoms with Crippen LogP contribution in [0.15, 0.2) is 48.5 Å². The van der Waals surface area contributed by atoms with Gasteiger partial charge >= 0.3 is 12.5 Å². The molecular formula is C18H17F2N3O3. The van der Waals surface area contributed by atoms with Gasteiger partial charge in [-0.25, -0.2) is 9.78 Å². The minimum absolute atomic E-state index is 0.0321. The van der Waals surface area contributed by atoms with Gasteiger partial charge in [-0.3, -0.25) is 4.57 Å². The summed E-state index contributed by atoms with van der Waals surface area (Å²) in [7, 11) is 0. The van der Waals surface area contributed by atoms with Crippen LogP contribution in [0.2, 0.25) is 0 Å². The molecule has 0 amide bonds. The molecule has 0 unspecified atom stereocenters. The summed E-state index contributed by atoms with van der Waals surface area (Å²) >= 11 is 0. The lowest BCUT2D eigenvalue weighted by atomic mass is 10.2. The number of anilines is 1. The Morgan fingerprint density at radius 3 is 2.69 bits per heavy atom. The van der Waals surface area contributed by atoms with Crippen LogP contribution < -0.4 is 5.32 Å². The topological polar surface area (TPSA) is 76.4 Å². The van der Waals surface area contributed by atoms with Gasteiger partial charge in [0.2, 0.25) is 0 Å². The van der Waals surface area contributed by atoms with Crippen LogP contribution >= 0.6 is 0 Å². The van der Waals surface area contributed by atoms with E-state index in [1.165, 1.54) is 6.07 Å². The Hall–Kier alpha value is -3.00. The number of carbonyl (C=O) groups is 1. The van der Waals surface area contributed by atoms with Gasteiger partial charge < -0.3 is 15.2 Å². The van der Waals surface area contributed by atoms with Crippen molar-refractivity contribution in [2.75, 3.05) is 18.5 Å². The lowest BCUT2D eigenvalue weighted by Gasteiger charge is -2.11. The van der Waals surface area contributed by atoms with Crippen molar-refractivity contribution < 1.29 is 23.4 Å². The van der Waals surface area contributed by atoms with E-state index in [0.717, 1.165) is 4.57 Å². The highest BCUT2D eigenvalue weighted by atomic mass is 19.3. The van der Waals surface area contributed by atoms with Crippen LogP contribution in [0.1, 0.15) is 22.7 Å². The largest absolute Gasteiger partial charge is 0.454 e. The van der Waals surface area contributed by atoms with Crippen LogP contribution in [-0.4, -0.2) is 33.8 Å². The molecule has 0 saturated heterocycles. The van der Waals surface area contributed by atoms with Crippen molar-refractivity contribution in [1.82, 2.24) is 9.55 Å². The van der Waals surface area contributed by atoms with E-state index in [4.69, 9.17) is 9.84 Å². The van der Waals surface area contributed by atoms with Crippen molar-refractivity contribution in [1.29, 1.82) is 0 Å². The fraction of sp³-hybridized carbons (Fsp3) is 0.222. The van der Waals surface area contributed by atoms with Gasteiger partial charge in [0.05, 0.1) is 23.2 Å². The molecule has 3 rings (SSSR count). The Morgan fingerprint density at radius 1 is 1.19 bits per heavy atom. The van der Waals surface area contributed by atoms with Gasteiger partial charge in [-0.15, -0.1) is 0 Å². The smallest absolute Gasteiger partial charge is 0.340 e. The van der Waals surface area contributed by atoms with Crippen molar-refractivity contribution >= 4 is 22.7 Å². The molecule has 0 radical (unpaired) electrons. The Kier molecular flexibility index (Phi) is 5.43. The monoisotopic (exact) mass is 361 g/mol. The van der Waals surface area contributed by atoms with Gasteiger partial charge in [0.15, 0.2) is 5.82 Å². The summed E-state index contributed by atoms with van der Waals surface area (Å²) in [5.74, 6) is -0.700. The minimum atomic E-state index is -2.80. The highest BCUT2D eigenvalue weighted by Crippen LogP contribution is 2.24. The first-order valence-electron chi connectivity index (χ1n) is 7.96. The number of aliphatic hydroxyl groups excluding tert-OH is 1. The lowest BCUT2D eigenvalue weighted by Crippen LogP contribution is -2.14. The number of nitrogens with one attached hydrogen (secondary N) is 1. The molecule has 136 valence electrons. The average molecular weight is 361 g/mol. The van der Waals surface area contributed by atoms with E-state index in [1.54, 1.807) is 42.5 Å². The standard InChI is InChI=1S/C18H17F2N3O3/c19-18(20)23-15-8-4-3-7-14(15)22-16(23)11-26-17(25)12-5-1-2-6-13(12)21-9-10-24/h1-8,18,21,24H,9-11H2. The molecule has 2 N–H and O–H groups in total. The van der Waals surface area contributed by atoms with E-state index in [9.17, 15) is 13.6 Å². The molecule has 0 fully saturated rings. The SMILES string of the molecule is O=C(OCc1nc2ccccc2n1C(F)F)c1ccccc1NCCO. The first-order valence-corrected chi connectivity index (χ1v) is 7.96. The normalized spacial score (nSPS) is 11.1. The number of halogens is 2. The highest BCUT2D eigenvalue weighted by molar-refractivity contribution is 5.95. The summed E-state index contributed by atoms with van der Waals surface area (Å²) in [6.07, 6.45) is 0. The summed E-state index contributed by atoms with van der Waals surface area (Å²) in [4.78, 5) is 16.5. The average Bonchev–Trinajstić information content (AvgIpc) is 3.03. The number of hydrogen-bond donors (Lipinski definition) is 2. The minimum Gasteiger partial charge on any atom is -0.454 e. The van der Waals surface area contributed by atoms with E-state index < -0.39 is 12.5 Å². The van der Waals surface area contributed by atoms with Gasteiger partial charge in [0.1, 0.15) is 6.61 Å². The number of nitrogens with zero attached hydrogens (tertiary/aromatic N) is 2. The number of alkyl halides is 2. The number of para-hydroxylation sites is 3. The second-order valence-corrected chi connectivity index (χ2v) is 5.44. The number of hydrogen-bond acceptors (Lipinski definition) is 5. The molecule has 0 saturated carbocycles. The number of benzene rings is 2. The van der Waals surface area contributed by atoms with Crippen LogP contribution in [-0.2, 0) is 11.3 Å². The molecule has 6 nitrogen and oxygen atoms in total. The second-order valence-electron chi connectivity index (χ2n) is 5.44. The molecule has 0 bridgehead atoms. The van der Waals surface area contributed by atoms with Crippen LogP contribution in [0.5, 0.6) is 0 Å². The Labute approximate surface area is 148 Å². The number of aliphatic hydroxyl groups is 1. The quantitative estimate of drug-likeness (QED) is 0.632. The molecule has 2 aromatic carbocycles. The maximum absolute atomic E-state index is 13.4. The van der Waals surface area contributed by atoms with Gasteiger partial charge in [-0.2, -0.15) is 8.78 Å². The Balaban J connectivity index is 1.80. The van der Waals surface area contributed by atoms with Crippen molar-refractivity contribution in [3.63, 3.8) is 0 Å². The molecule has 26 heavy (non-hydrogen) atoms. The van der Waals surface area contributed by atoms with Crippen molar-refractivity contribution in [3.8, 4) is 0 Å². The van der Waals surface area contributed by atoms with E-state index in [-0.39, 0.29) is 36.7 Å². The molecule has 0 spiro atoms. The Bertz CT molecular complexity index is 912. The number of ether oxygens (including phenoxy) is 1. The molecular weight excluding hydrogens is 344 g/mol. The number of imidazole rings is 1. The molecule has 8 heteroatoms. The zero-order valence-corrected chi connectivity index (χ0v) is 13.7. The summed E-state index contributed by atoms with van der Waals surface area (Å²) < 4.78 is 32.7. The number of aromatic nitrogens is 2. The third kappa shape index (κ3) is 3.65. The lowest BCUT2D eigenvalue weighted by molar-refractivity contribution is 0.0388. The van der Waals surface area contributed by atoms with E-state index >= 15 is 0 Å². The van der Waals surface area contributed by atoms with Crippen LogP contribution in [0, 0.1) is 0 Å². The van der Waals surface area contributed by atoms with Crippen LogP contribution in [0.25, 0.3) is 11.0 Å². The second kappa shape index (κ2) is 7.92. The first-order chi connectivity index (χ1) is 12.6. The maximum Gasteiger partial charge on any atom is 0.340 e. The first kappa shape index (κ1) is 17.8. The Morgan fingerprint density at radius 2 is 1.92 bits per heavy atom. The predicted molar refractivity (Wildman–Crippen MR) is 92.1 cm³/mol. The molecule has 1 heterocycles. The van der Waals surface area contributed by atoms with Gasteiger partial charge in [-0.1, -0.05) is 24.3 Å². The molecule has 0 aliphatic carbocycles. The van der Waals surface area contributed by atoms with E-state index in [0.29, 0.717) is 11.2 Å². The summed E-state index contributed by atoms with van der Waals surface area (Å²) in [6.45, 7) is -3.01. The van der Waals surface area contributed by atoms with Crippen LogP contribution in [0.3, 0.4) is 0 Å². The third-order valence-electron chi connectivity index (χ3n) is 3.77. The molecule has 0 aliphatic heterocycles. The third-order valence-corrected chi connectivity index (χ3v) is 3.77. The number of fused-ring (bicyclic) bond motifs is 1. The molecule has 3 aromatic rings. The number of esters is 1. The number of rotatable bonds is 7. The maximum atomic E-state index is 13.4. The van der Waals surface area contributed by atoms with Crippen LogP contribution in [0.4, 0.5) is 14.5 Å². The highest BCUT2D eigenvalue weighted by Gasteiger charge is 2.19. The fourth-order valence-electron chi connectivity index (χ4n) is 2.63. The van der Waals surface area contributed by atoms with Crippen molar-refractivity contribution in [2.24, 2.45) is 0 Å². The predicted octanol–water partition coefficient (Wildman–Crippen LogP) is 3.19. The fourth-order valence-corrected chi connectivity index (χ4v) is 2.63. The molecule has 0 aliphatic rings. The van der Waals surface area contributed by atoms with E-state index in [1.807, 2.05) is 0 Å². The van der Waals surface area contributed by atoms with Gasteiger partial charge in [0.25, 0.3) is 0 Å². The summed E-state index contributed by atoms with van der Waals surface area (Å²) in [6, 6.07) is 13.1. The van der Waals surface area contributed by atoms with Gasteiger partial charge in [0, 0.05) is 12.2 Å². The van der Waals surface area contributed by atoms with Crippen molar-refractivity contribution in [2.45, 2.75) is 13.2 Å². The summed E-state index contributed by atoms with van der Waals surface area (Å²) in [5, 5.41) is 11.8. The summed E-state index contributed by atoms with van der Waals surface area (Å²) in [5.41, 5.74) is 1.43. The van der Waals surface area contributed by atoms with Gasteiger partial charge in [-0.05, 0) is 24.3 Å². The van der Waals surface area contributed by atoms with Crippen molar-refractivity contribution in [3.05, 3.63) is 59.9 Å². The molecule has 0 atom stereocenters.